The van der Waals surface area contributed by atoms with Crippen LogP contribution < -0.4 is 5.73 Å². The number of likely N-dealkylation sites (tertiary alicyclic amines) is 1. The molecule has 1 aromatic rings. The van der Waals surface area contributed by atoms with Crippen molar-refractivity contribution < 1.29 is 4.42 Å². The molecule has 0 radical (unpaired) electrons. The van der Waals surface area contributed by atoms with Crippen molar-refractivity contribution in [2.75, 3.05) is 6.54 Å². The number of nitrogens with two attached hydrogens (primary N) is 1. The minimum Gasteiger partial charge on any atom is -0.465 e. The van der Waals surface area contributed by atoms with E-state index in [2.05, 4.69) is 17.9 Å². The zero-order valence-electron chi connectivity index (χ0n) is 11.7. The van der Waals surface area contributed by atoms with Crippen molar-refractivity contribution in [1.82, 2.24) is 4.90 Å². The average molecular weight is 250 g/mol. The molecule has 2 heterocycles. The van der Waals surface area contributed by atoms with Crippen molar-refractivity contribution in [1.29, 1.82) is 0 Å². The Morgan fingerprint density at radius 1 is 1.39 bits per heavy atom. The molecule has 3 nitrogen and oxygen atoms in total. The Kier molecular flexibility index (Phi) is 4.84. The van der Waals surface area contributed by atoms with Crippen molar-refractivity contribution in [2.24, 2.45) is 5.73 Å². The van der Waals surface area contributed by atoms with Gasteiger partial charge in [0.15, 0.2) is 0 Å². The Morgan fingerprint density at radius 2 is 2.22 bits per heavy atom. The Morgan fingerprint density at radius 3 is 2.89 bits per heavy atom. The molecule has 0 aliphatic carbocycles. The second kappa shape index (κ2) is 6.39. The number of furan rings is 1. The van der Waals surface area contributed by atoms with Crippen molar-refractivity contribution in [2.45, 2.75) is 65.1 Å². The summed E-state index contributed by atoms with van der Waals surface area (Å²) >= 11 is 0. The van der Waals surface area contributed by atoms with Crippen LogP contribution in [-0.2, 0) is 13.1 Å². The van der Waals surface area contributed by atoms with Gasteiger partial charge in [0, 0.05) is 18.2 Å². The van der Waals surface area contributed by atoms with Gasteiger partial charge in [-0.2, -0.15) is 0 Å². The number of hydrogen-bond acceptors (Lipinski definition) is 3. The summed E-state index contributed by atoms with van der Waals surface area (Å²) in [4.78, 5) is 2.63. The lowest BCUT2D eigenvalue weighted by atomic mass is 10.1. The standard InChI is InChI=1S/C15H26N2O/c1-3-14-7-5-4-6-8-17(14)11-13-9-15(10-16)18-12(13)2/h9,14H,3-8,10-11,16H2,1-2H3. The third kappa shape index (κ3) is 3.15. The predicted octanol–water partition coefficient (Wildman–Crippen LogP) is 3.20. The molecule has 102 valence electrons. The maximum atomic E-state index is 5.65. The quantitative estimate of drug-likeness (QED) is 0.892. The Hall–Kier alpha value is -0.800. The second-order valence-corrected chi connectivity index (χ2v) is 5.38. The highest BCUT2D eigenvalue weighted by Crippen LogP contribution is 2.23. The van der Waals surface area contributed by atoms with Crippen LogP contribution in [0.25, 0.3) is 0 Å². The smallest absolute Gasteiger partial charge is 0.118 e. The van der Waals surface area contributed by atoms with Crippen molar-refractivity contribution in [3.05, 3.63) is 23.2 Å². The molecule has 1 fully saturated rings. The van der Waals surface area contributed by atoms with E-state index in [4.69, 9.17) is 10.2 Å². The molecule has 1 aliphatic heterocycles. The molecule has 0 aromatic carbocycles. The van der Waals surface area contributed by atoms with Crippen LogP contribution in [0, 0.1) is 6.92 Å². The van der Waals surface area contributed by atoms with Gasteiger partial charge in [-0.25, -0.2) is 0 Å². The number of hydrogen-bond donors (Lipinski definition) is 1. The summed E-state index contributed by atoms with van der Waals surface area (Å²) in [7, 11) is 0. The third-order valence-electron chi connectivity index (χ3n) is 4.12. The molecule has 0 spiro atoms. The first-order chi connectivity index (χ1) is 8.74. The number of nitrogens with zero attached hydrogens (tertiary/aromatic N) is 1. The first kappa shape index (κ1) is 13.6. The monoisotopic (exact) mass is 250 g/mol. The minimum atomic E-state index is 0.498. The second-order valence-electron chi connectivity index (χ2n) is 5.38. The number of rotatable bonds is 4. The Balaban J connectivity index is 2.07. The first-order valence-electron chi connectivity index (χ1n) is 7.27. The van der Waals surface area contributed by atoms with Gasteiger partial charge in [0.2, 0.25) is 0 Å². The van der Waals surface area contributed by atoms with E-state index in [1.807, 2.05) is 6.92 Å². The van der Waals surface area contributed by atoms with Crippen LogP contribution in [0.3, 0.4) is 0 Å². The molecule has 1 aliphatic rings. The normalized spacial score (nSPS) is 22.1. The zero-order chi connectivity index (χ0) is 13.0. The van der Waals surface area contributed by atoms with Crippen LogP contribution in [0.1, 0.15) is 56.1 Å². The summed E-state index contributed by atoms with van der Waals surface area (Å²) in [6, 6.07) is 2.87. The molecule has 2 rings (SSSR count). The summed E-state index contributed by atoms with van der Waals surface area (Å²) in [5.74, 6) is 1.94. The first-order valence-corrected chi connectivity index (χ1v) is 7.27. The van der Waals surface area contributed by atoms with E-state index in [-0.39, 0.29) is 0 Å². The molecule has 3 heteroatoms. The maximum Gasteiger partial charge on any atom is 0.118 e. The largest absolute Gasteiger partial charge is 0.465 e. The lowest BCUT2D eigenvalue weighted by Crippen LogP contribution is -2.33. The highest BCUT2D eigenvalue weighted by Gasteiger charge is 2.21. The summed E-state index contributed by atoms with van der Waals surface area (Å²) in [5.41, 5.74) is 6.95. The van der Waals surface area contributed by atoms with Crippen LogP contribution >= 0.6 is 0 Å². The Bertz CT molecular complexity index is 373. The third-order valence-corrected chi connectivity index (χ3v) is 4.12. The van der Waals surface area contributed by atoms with Gasteiger partial charge in [-0.15, -0.1) is 0 Å². The van der Waals surface area contributed by atoms with Crippen molar-refractivity contribution in [3.63, 3.8) is 0 Å². The van der Waals surface area contributed by atoms with Gasteiger partial charge in [-0.05, 0) is 38.8 Å². The van der Waals surface area contributed by atoms with E-state index < -0.39 is 0 Å². The fraction of sp³-hybridized carbons (Fsp3) is 0.733. The molecule has 1 aromatic heterocycles. The van der Waals surface area contributed by atoms with Crippen molar-refractivity contribution in [3.8, 4) is 0 Å². The maximum absolute atomic E-state index is 5.65. The van der Waals surface area contributed by atoms with Crippen LogP contribution in [-0.4, -0.2) is 17.5 Å². The summed E-state index contributed by atoms with van der Waals surface area (Å²) in [6.07, 6.45) is 6.69. The fourth-order valence-corrected chi connectivity index (χ4v) is 2.97. The van der Waals surface area contributed by atoms with E-state index in [1.54, 1.807) is 0 Å². The van der Waals surface area contributed by atoms with Crippen LogP contribution in [0.5, 0.6) is 0 Å². The molecule has 1 unspecified atom stereocenters. The van der Waals surface area contributed by atoms with Crippen LogP contribution in [0.2, 0.25) is 0 Å². The van der Waals surface area contributed by atoms with Gasteiger partial charge < -0.3 is 10.2 Å². The molecule has 0 amide bonds. The highest BCUT2D eigenvalue weighted by atomic mass is 16.3. The molecule has 1 saturated heterocycles. The van der Waals surface area contributed by atoms with Crippen LogP contribution in [0.4, 0.5) is 0 Å². The number of aryl methyl sites for hydroxylation is 1. The lowest BCUT2D eigenvalue weighted by molar-refractivity contribution is 0.185. The summed E-state index contributed by atoms with van der Waals surface area (Å²) < 4.78 is 5.65. The molecule has 0 saturated carbocycles. The molecular weight excluding hydrogens is 224 g/mol. The van der Waals surface area contributed by atoms with Gasteiger partial charge >= 0.3 is 0 Å². The molecule has 18 heavy (non-hydrogen) atoms. The lowest BCUT2D eigenvalue weighted by Gasteiger charge is -2.28. The minimum absolute atomic E-state index is 0.498. The van der Waals surface area contributed by atoms with E-state index in [0.717, 1.165) is 24.1 Å². The topological polar surface area (TPSA) is 42.4 Å². The predicted molar refractivity (Wildman–Crippen MR) is 74.3 cm³/mol. The Labute approximate surface area is 110 Å². The molecule has 0 bridgehead atoms. The molecular formula is C15H26N2O. The van der Waals surface area contributed by atoms with Gasteiger partial charge in [-0.3, -0.25) is 4.90 Å². The fourth-order valence-electron chi connectivity index (χ4n) is 2.97. The van der Waals surface area contributed by atoms with E-state index in [1.165, 1.54) is 44.2 Å². The van der Waals surface area contributed by atoms with E-state index in [9.17, 15) is 0 Å². The van der Waals surface area contributed by atoms with E-state index >= 15 is 0 Å². The zero-order valence-corrected chi connectivity index (χ0v) is 11.7. The molecule has 1 atom stereocenters. The highest BCUT2D eigenvalue weighted by molar-refractivity contribution is 5.20. The van der Waals surface area contributed by atoms with Crippen LogP contribution in [0.15, 0.2) is 10.5 Å². The average Bonchev–Trinajstić information content (AvgIpc) is 2.60. The van der Waals surface area contributed by atoms with Gasteiger partial charge in [0.25, 0.3) is 0 Å². The molecule has 2 N–H and O–H groups in total. The van der Waals surface area contributed by atoms with Gasteiger partial charge in [0.05, 0.1) is 6.54 Å². The SMILES string of the molecule is CCC1CCCCCN1Cc1cc(CN)oc1C. The van der Waals surface area contributed by atoms with E-state index in [0.29, 0.717) is 6.54 Å². The summed E-state index contributed by atoms with van der Waals surface area (Å²) in [6.45, 7) is 7.09. The van der Waals surface area contributed by atoms with Gasteiger partial charge in [0.1, 0.15) is 11.5 Å². The van der Waals surface area contributed by atoms with Crippen molar-refractivity contribution >= 4 is 0 Å². The van der Waals surface area contributed by atoms with Gasteiger partial charge in [-0.1, -0.05) is 19.8 Å². The summed E-state index contributed by atoms with van der Waals surface area (Å²) in [5, 5.41) is 0.